The van der Waals surface area contributed by atoms with Crippen LogP contribution in [0, 0.1) is 0 Å². The number of aromatic amines is 1. The van der Waals surface area contributed by atoms with Gasteiger partial charge in [-0.1, -0.05) is 6.42 Å². The smallest absolute Gasteiger partial charge is 0.319 e. The Morgan fingerprint density at radius 1 is 1.29 bits per heavy atom. The van der Waals surface area contributed by atoms with Crippen LogP contribution >= 0.6 is 0 Å². The second kappa shape index (κ2) is 5.35. The highest BCUT2D eigenvalue weighted by Crippen LogP contribution is 2.44. The highest BCUT2D eigenvalue weighted by atomic mass is 16.5. The summed E-state index contributed by atoms with van der Waals surface area (Å²) in [7, 11) is 0. The van der Waals surface area contributed by atoms with Crippen molar-refractivity contribution in [1.82, 2.24) is 15.0 Å². The molecule has 1 aliphatic carbocycles. The number of carbonyl (C=O) groups excluding carboxylic acids is 1. The summed E-state index contributed by atoms with van der Waals surface area (Å²) in [5, 5.41) is 0. The maximum atomic E-state index is 12.3. The standard InChI is InChI=1S/C15H19N3O3/c1-3-20-11-7-6-10-12(17-11)18-13(16-10)15(8-5-9-15)14(19)21-4-2/h6-7H,3-5,8-9H2,1-2H3,(H,16,17,18). The summed E-state index contributed by atoms with van der Waals surface area (Å²) in [6.07, 6.45) is 2.54. The van der Waals surface area contributed by atoms with E-state index >= 15 is 0 Å². The first-order valence-electron chi connectivity index (χ1n) is 7.37. The molecule has 2 aromatic heterocycles. The summed E-state index contributed by atoms with van der Waals surface area (Å²) < 4.78 is 10.6. The molecule has 0 radical (unpaired) electrons. The Morgan fingerprint density at radius 3 is 2.71 bits per heavy atom. The van der Waals surface area contributed by atoms with E-state index in [1.807, 2.05) is 19.9 Å². The van der Waals surface area contributed by atoms with Gasteiger partial charge in [-0.3, -0.25) is 4.79 Å². The zero-order valence-electron chi connectivity index (χ0n) is 12.3. The van der Waals surface area contributed by atoms with Crippen LogP contribution in [0.5, 0.6) is 5.88 Å². The molecule has 3 rings (SSSR count). The Kier molecular flexibility index (Phi) is 3.53. The van der Waals surface area contributed by atoms with E-state index in [0.29, 0.717) is 30.6 Å². The van der Waals surface area contributed by atoms with Crippen molar-refractivity contribution in [2.24, 2.45) is 0 Å². The lowest BCUT2D eigenvalue weighted by atomic mass is 9.68. The highest BCUT2D eigenvalue weighted by Gasteiger charge is 2.49. The molecule has 0 amide bonds. The molecule has 1 aliphatic rings. The SMILES string of the molecule is CCOC(=O)C1(c2nc3nc(OCC)ccc3[nH]2)CCC1. The van der Waals surface area contributed by atoms with Crippen LogP contribution in [0.1, 0.15) is 38.9 Å². The predicted molar refractivity (Wildman–Crippen MR) is 77.2 cm³/mol. The van der Waals surface area contributed by atoms with Crippen molar-refractivity contribution in [3.63, 3.8) is 0 Å². The Labute approximate surface area is 122 Å². The molecular formula is C15H19N3O3. The van der Waals surface area contributed by atoms with Gasteiger partial charge in [0.25, 0.3) is 0 Å². The Morgan fingerprint density at radius 2 is 2.10 bits per heavy atom. The zero-order valence-corrected chi connectivity index (χ0v) is 12.3. The van der Waals surface area contributed by atoms with Crippen molar-refractivity contribution < 1.29 is 14.3 Å². The average molecular weight is 289 g/mol. The first-order valence-corrected chi connectivity index (χ1v) is 7.37. The number of hydrogen-bond acceptors (Lipinski definition) is 5. The molecule has 0 atom stereocenters. The third-order valence-electron chi connectivity index (χ3n) is 3.94. The second-order valence-electron chi connectivity index (χ2n) is 5.20. The maximum Gasteiger partial charge on any atom is 0.319 e. The van der Waals surface area contributed by atoms with Crippen LogP contribution < -0.4 is 4.74 Å². The molecule has 0 aromatic carbocycles. The van der Waals surface area contributed by atoms with E-state index < -0.39 is 5.41 Å². The van der Waals surface area contributed by atoms with Crippen LogP contribution in [0.3, 0.4) is 0 Å². The number of H-pyrrole nitrogens is 1. The van der Waals surface area contributed by atoms with Crippen LogP contribution in [-0.2, 0) is 14.9 Å². The minimum atomic E-state index is -0.623. The van der Waals surface area contributed by atoms with Gasteiger partial charge in [0, 0.05) is 6.07 Å². The molecular weight excluding hydrogens is 270 g/mol. The van der Waals surface area contributed by atoms with E-state index in [1.54, 1.807) is 6.07 Å². The molecule has 1 saturated carbocycles. The summed E-state index contributed by atoms with van der Waals surface area (Å²) >= 11 is 0. The molecule has 1 N–H and O–H groups in total. The number of aromatic nitrogens is 3. The van der Waals surface area contributed by atoms with Gasteiger partial charge in [-0.05, 0) is 32.8 Å². The number of carbonyl (C=O) groups is 1. The van der Waals surface area contributed by atoms with E-state index in [2.05, 4.69) is 15.0 Å². The Bertz CT molecular complexity index is 661. The first kappa shape index (κ1) is 13.9. The van der Waals surface area contributed by atoms with Gasteiger partial charge in [-0.25, -0.2) is 4.98 Å². The van der Waals surface area contributed by atoms with E-state index in [9.17, 15) is 4.79 Å². The minimum Gasteiger partial charge on any atom is -0.478 e. The molecule has 2 heterocycles. The largest absolute Gasteiger partial charge is 0.478 e. The number of esters is 1. The van der Waals surface area contributed by atoms with Crippen molar-refractivity contribution >= 4 is 17.1 Å². The summed E-state index contributed by atoms with van der Waals surface area (Å²) in [5.74, 6) is 1.01. The van der Waals surface area contributed by atoms with Crippen LogP contribution in [0.25, 0.3) is 11.2 Å². The highest BCUT2D eigenvalue weighted by molar-refractivity contribution is 5.84. The second-order valence-corrected chi connectivity index (χ2v) is 5.20. The van der Waals surface area contributed by atoms with Gasteiger partial charge in [0.05, 0.1) is 18.7 Å². The molecule has 6 nitrogen and oxygen atoms in total. The number of imidazole rings is 1. The summed E-state index contributed by atoms with van der Waals surface area (Å²) in [5.41, 5.74) is 0.762. The van der Waals surface area contributed by atoms with Crippen LogP contribution in [-0.4, -0.2) is 34.1 Å². The zero-order chi connectivity index (χ0) is 14.9. The quantitative estimate of drug-likeness (QED) is 0.855. The van der Waals surface area contributed by atoms with E-state index in [0.717, 1.165) is 24.8 Å². The topological polar surface area (TPSA) is 77.1 Å². The molecule has 0 unspecified atom stereocenters. The number of pyridine rings is 1. The fourth-order valence-corrected chi connectivity index (χ4v) is 2.67. The number of hydrogen-bond donors (Lipinski definition) is 1. The number of nitrogens with zero attached hydrogens (tertiary/aromatic N) is 2. The molecule has 0 saturated heterocycles. The van der Waals surface area contributed by atoms with Crippen molar-refractivity contribution in [3.8, 4) is 5.88 Å². The minimum absolute atomic E-state index is 0.194. The molecule has 2 aromatic rings. The van der Waals surface area contributed by atoms with Gasteiger partial charge in [-0.2, -0.15) is 4.98 Å². The first-order chi connectivity index (χ1) is 10.2. The van der Waals surface area contributed by atoms with Crippen LogP contribution in [0.4, 0.5) is 0 Å². The summed E-state index contributed by atoms with van der Waals surface area (Å²) in [6, 6.07) is 3.67. The fourth-order valence-electron chi connectivity index (χ4n) is 2.67. The van der Waals surface area contributed by atoms with Gasteiger partial charge in [-0.15, -0.1) is 0 Å². The molecule has 112 valence electrons. The fraction of sp³-hybridized carbons (Fsp3) is 0.533. The summed E-state index contributed by atoms with van der Waals surface area (Å²) in [6.45, 7) is 4.67. The van der Waals surface area contributed by atoms with Crippen molar-refractivity contribution in [3.05, 3.63) is 18.0 Å². The van der Waals surface area contributed by atoms with Gasteiger partial charge < -0.3 is 14.5 Å². The molecule has 0 bridgehead atoms. The van der Waals surface area contributed by atoms with E-state index in [-0.39, 0.29) is 5.97 Å². The molecule has 21 heavy (non-hydrogen) atoms. The monoisotopic (exact) mass is 289 g/mol. The summed E-state index contributed by atoms with van der Waals surface area (Å²) in [4.78, 5) is 24.3. The Balaban J connectivity index is 1.97. The van der Waals surface area contributed by atoms with Crippen molar-refractivity contribution in [1.29, 1.82) is 0 Å². The average Bonchev–Trinajstić information content (AvgIpc) is 2.81. The number of fused-ring (bicyclic) bond motifs is 1. The predicted octanol–water partition coefficient (Wildman–Crippen LogP) is 2.34. The number of rotatable bonds is 5. The lowest BCUT2D eigenvalue weighted by Crippen LogP contribution is -2.44. The number of ether oxygens (including phenoxy) is 2. The van der Waals surface area contributed by atoms with Crippen molar-refractivity contribution in [2.45, 2.75) is 38.5 Å². The Hall–Kier alpha value is -2.11. The normalized spacial score (nSPS) is 16.5. The van der Waals surface area contributed by atoms with Gasteiger partial charge in [0.2, 0.25) is 5.88 Å². The van der Waals surface area contributed by atoms with Crippen LogP contribution in [0.15, 0.2) is 12.1 Å². The van der Waals surface area contributed by atoms with Gasteiger partial charge >= 0.3 is 5.97 Å². The molecule has 6 heteroatoms. The maximum absolute atomic E-state index is 12.3. The van der Waals surface area contributed by atoms with Crippen LogP contribution in [0.2, 0.25) is 0 Å². The van der Waals surface area contributed by atoms with Gasteiger partial charge in [0.15, 0.2) is 5.65 Å². The third-order valence-corrected chi connectivity index (χ3v) is 3.94. The lowest BCUT2D eigenvalue weighted by molar-refractivity contribution is -0.154. The van der Waals surface area contributed by atoms with E-state index in [1.165, 1.54) is 0 Å². The third kappa shape index (κ3) is 2.24. The van der Waals surface area contributed by atoms with Gasteiger partial charge in [0.1, 0.15) is 11.2 Å². The molecule has 0 spiro atoms. The lowest BCUT2D eigenvalue weighted by Gasteiger charge is -2.37. The van der Waals surface area contributed by atoms with Crippen molar-refractivity contribution in [2.75, 3.05) is 13.2 Å². The molecule has 1 fully saturated rings. The molecule has 0 aliphatic heterocycles. The number of nitrogens with one attached hydrogen (secondary N) is 1. The van der Waals surface area contributed by atoms with E-state index in [4.69, 9.17) is 9.47 Å².